The first kappa shape index (κ1) is 11.1. The summed E-state index contributed by atoms with van der Waals surface area (Å²) in [5.41, 5.74) is 0. The Kier molecular flexibility index (Phi) is 3.78. The maximum atomic E-state index is 5.54. The molecule has 1 aromatic rings. The van der Waals surface area contributed by atoms with Gasteiger partial charge in [-0.15, -0.1) is 11.3 Å². The molecule has 1 aliphatic heterocycles. The van der Waals surface area contributed by atoms with Crippen LogP contribution in [0.5, 0.6) is 0 Å². The van der Waals surface area contributed by atoms with Crippen LogP contribution in [0.2, 0.25) is 0 Å². The maximum Gasteiger partial charge on any atom is 0.0561 e. The van der Waals surface area contributed by atoms with E-state index in [0.29, 0.717) is 18.2 Å². The molecule has 15 heavy (non-hydrogen) atoms. The van der Waals surface area contributed by atoms with Gasteiger partial charge in [0.05, 0.1) is 6.10 Å². The Bertz CT molecular complexity index is 286. The summed E-state index contributed by atoms with van der Waals surface area (Å²) in [5.74, 6) is 0. The number of hydrogen-bond donors (Lipinski definition) is 1. The third-order valence-electron chi connectivity index (χ3n) is 2.94. The van der Waals surface area contributed by atoms with E-state index in [9.17, 15) is 0 Å². The van der Waals surface area contributed by atoms with E-state index in [2.05, 4.69) is 36.7 Å². The lowest BCUT2D eigenvalue weighted by Gasteiger charge is -2.30. The van der Waals surface area contributed by atoms with Crippen molar-refractivity contribution in [3.8, 4) is 0 Å². The summed E-state index contributed by atoms with van der Waals surface area (Å²) >= 11 is 1.83. The van der Waals surface area contributed by atoms with E-state index in [1.165, 1.54) is 4.88 Å². The summed E-state index contributed by atoms with van der Waals surface area (Å²) in [6.07, 6.45) is 2.68. The lowest BCUT2D eigenvalue weighted by Crippen LogP contribution is -2.39. The molecule has 2 heterocycles. The first-order valence-electron chi connectivity index (χ1n) is 5.67. The van der Waals surface area contributed by atoms with Gasteiger partial charge in [-0.05, 0) is 38.1 Å². The Morgan fingerprint density at radius 3 is 3.13 bits per heavy atom. The van der Waals surface area contributed by atoms with E-state index in [0.717, 1.165) is 19.4 Å². The molecule has 1 saturated heterocycles. The second-order valence-corrected chi connectivity index (χ2v) is 5.29. The summed E-state index contributed by atoms with van der Waals surface area (Å²) in [4.78, 5) is 1.43. The molecule has 0 saturated carbocycles. The van der Waals surface area contributed by atoms with Gasteiger partial charge in [0.1, 0.15) is 0 Å². The molecule has 0 radical (unpaired) electrons. The molecule has 2 rings (SSSR count). The van der Waals surface area contributed by atoms with Crippen molar-refractivity contribution < 1.29 is 4.74 Å². The smallest absolute Gasteiger partial charge is 0.0561 e. The van der Waals surface area contributed by atoms with Crippen LogP contribution in [0.1, 0.15) is 37.6 Å². The summed E-state index contributed by atoms with van der Waals surface area (Å²) in [7, 11) is 0. The zero-order valence-corrected chi connectivity index (χ0v) is 10.2. The van der Waals surface area contributed by atoms with E-state index in [1.54, 1.807) is 0 Å². The predicted molar refractivity (Wildman–Crippen MR) is 64.3 cm³/mol. The molecule has 2 nitrogen and oxygen atoms in total. The van der Waals surface area contributed by atoms with E-state index >= 15 is 0 Å². The van der Waals surface area contributed by atoms with E-state index < -0.39 is 0 Å². The Morgan fingerprint density at radius 2 is 2.47 bits per heavy atom. The van der Waals surface area contributed by atoms with Crippen LogP contribution < -0.4 is 5.32 Å². The van der Waals surface area contributed by atoms with Crippen molar-refractivity contribution in [1.82, 2.24) is 5.32 Å². The molecule has 3 atom stereocenters. The molecule has 1 aromatic heterocycles. The average Bonchev–Trinajstić information content (AvgIpc) is 2.70. The molecular formula is C12H19NOS. The number of thiophene rings is 1. The van der Waals surface area contributed by atoms with Crippen LogP contribution in [0.4, 0.5) is 0 Å². The van der Waals surface area contributed by atoms with Crippen LogP contribution in [0.15, 0.2) is 17.5 Å². The maximum absolute atomic E-state index is 5.54. The fourth-order valence-corrected chi connectivity index (χ4v) is 2.87. The van der Waals surface area contributed by atoms with Crippen LogP contribution in [0.25, 0.3) is 0 Å². The highest BCUT2D eigenvalue weighted by atomic mass is 32.1. The minimum atomic E-state index is 0.409. The molecule has 1 aliphatic rings. The number of rotatable bonds is 3. The largest absolute Gasteiger partial charge is 0.378 e. The van der Waals surface area contributed by atoms with Gasteiger partial charge in [0.2, 0.25) is 0 Å². The normalized spacial score (nSPS) is 28.9. The van der Waals surface area contributed by atoms with Gasteiger partial charge in [-0.25, -0.2) is 0 Å². The predicted octanol–water partition coefficient (Wildman–Crippen LogP) is 2.97. The first-order chi connectivity index (χ1) is 7.25. The monoisotopic (exact) mass is 225 g/mol. The molecule has 2 unspecified atom stereocenters. The van der Waals surface area contributed by atoms with Gasteiger partial charge in [-0.3, -0.25) is 0 Å². The second-order valence-electron chi connectivity index (χ2n) is 4.31. The van der Waals surface area contributed by atoms with Crippen molar-refractivity contribution in [2.45, 2.75) is 44.9 Å². The standard InChI is InChI=1S/C12H19NOS/c1-9-8-11(5-6-14-9)13-10(2)12-4-3-7-15-12/h3-4,7,9-11,13H,5-6,8H2,1-2H3/t9?,10-,11?/m0/s1. The molecule has 1 fully saturated rings. The highest BCUT2D eigenvalue weighted by molar-refractivity contribution is 7.10. The molecule has 1 N–H and O–H groups in total. The Hall–Kier alpha value is -0.380. The van der Waals surface area contributed by atoms with Crippen molar-refractivity contribution in [2.75, 3.05) is 6.61 Å². The Morgan fingerprint density at radius 1 is 1.60 bits per heavy atom. The SMILES string of the molecule is CC1CC(N[C@@H](C)c2cccs2)CCO1. The van der Waals surface area contributed by atoms with E-state index in [4.69, 9.17) is 4.74 Å². The van der Waals surface area contributed by atoms with Crippen molar-refractivity contribution >= 4 is 11.3 Å². The lowest BCUT2D eigenvalue weighted by molar-refractivity contribution is 0.0116. The minimum absolute atomic E-state index is 0.409. The quantitative estimate of drug-likeness (QED) is 0.854. The van der Waals surface area contributed by atoms with Crippen molar-refractivity contribution in [3.63, 3.8) is 0 Å². The lowest BCUT2D eigenvalue weighted by atomic mass is 10.0. The third-order valence-corrected chi connectivity index (χ3v) is 4.00. The average molecular weight is 225 g/mol. The van der Waals surface area contributed by atoms with E-state index in [-0.39, 0.29) is 0 Å². The molecule has 0 aromatic carbocycles. The van der Waals surface area contributed by atoms with Gasteiger partial charge in [0, 0.05) is 23.6 Å². The molecule has 3 heteroatoms. The summed E-state index contributed by atoms with van der Waals surface area (Å²) in [6, 6.07) is 5.40. The van der Waals surface area contributed by atoms with Crippen molar-refractivity contribution in [1.29, 1.82) is 0 Å². The number of nitrogens with one attached hydrogen (secondary N) is 1. The Balaban J connectivity index is 1.86. The molecule has 84 valence electrons. The van der Waals surface area contributed by atoms with Crippen molar-refractivity contribution in [3.05, 3.63) is 22.4 Å². The first-order valence-corrected chi connectivity index (χ1v) is 6.54. The van der Waals surface area contributed by atoms with Crippen LogP contribution in [0.3, 0.4) is 0 Å². The van der Waals surface area contributed by atoms with Gasteiger partial charge >= 0.3 is 0 Å². The summed E-state index contributed by atoms with van der Waals surface area (Å²) in [6.45, 7) is 5.30. The van der Waals surface area contributed by atoms with Gasteiger partial charge in [0.25, 0.3) is 0 Å². The summed E-state index contributed by atoms with van der Waals surface area (Å²) in [5, 5.41) is 5.82. The summed E-state index contributed by atoms with van der Waals surface area (Å²) < 4.78 is 5.54. The zero-order valence-electron chi connectivity index (χ0n) is 9.40. The van der Waals surface area contributed by atoms with Crippen LogP contribution in [-0.4, -0.2) is 18.8 Å². The molecule has 0 bridgehead atoms. The second kappa shape index (κ2) is 5.10. The highest BCUT2D eigenvalue weighted by Gasteiger charge is 2.21. The Labute approximate surface area is 95.6 Å². The van der Waals surface area contributed by atoms with E-state index in [1.807, 2.05) is 11.3 Å². The molecule has 0 amide bonds. The minimum Gasteiger partial charge on any atom is -0.378 e. The molecule has 0 spiro atoms. The van der Waals surface area contributed by atoms with Crippen LogP contribution in [-0.2, 0) is 4.74 Å². The van der Waals surface area contributed by atoms with Crippen molar-refractivity contribution in [2.24, 2.45) is 0 Å². The molecule has 0 aliphatic carbocycles. The van der Waals surface area contributed by atoms with Gasteiger partial charge in [0.15, 0.2) is 0 Å². The fourth-order valence-electron chi connectivity index (χ4n) is 2.12. The third kappa shape index (κ3) is 3.03. The molecular weight excluding hydrogens is 206 g/mol. The zero-order chi connectivity index (χ0) is 10.7. The van der Waals surface area contributed by atoms with Crippen LogP contribution >= 0.6 is 11.3 Å². The number of ether oxygens (including phenoxy) is 1. The fraction of sp³-hybridized carbons (Fsp3) is 0.667. The van der Waals surface area contributed by atoms with Gasteiger partial charge < -0.3 is 10.1 Å². The van der Waals surface area contributed by atoms with Gasteiger partial charge in [-0.1, -0.05) is 6.07 Å². The van der Waals surface area contributed by atoms with Crippen LogP contribution in [0, 0.1) is 0 Å². The topological polar surface area (TPSA) is 21.3 Å². The van der Waals surface area contributed by atoms with Gasteiger partial charge in [-0.2, -0.15) is 0 Å². The number of hydrogen-bond acceptors (Lipinski definition) is 3. The highest BCUT2D eigenvalue weighted by Crippen LogP contribution is 2.21.